The minimum Gasteiger partial charge on any atom is -0.493 e. The van der Waals surface area contributed by atoms with E-state index in [4.69, 9.17) is 21.1 Å². The Labute approximate surface area is 213 Å². The number of hydrazone groups is 1. The molecule has 2 aromatic rings. The van der Waals surface area contributed by atoms with Crippen molar-refractivity contribution in [3.63, 3.8) is 0 Å². The van der Waals surface area contributed by atoms with Gasteiger partial charge in [0.25, 0.3) is 5.91 Å². The third kappa shape index (κ3) is 7.87. The standard InChI is InChI=1S/C21H20BrClF3N3O5S/c1-4-7-34-20-16(22)8-13(9-18(20)33-2)11-27-28-19(30)12-29(35(3,31)32)14-5-6-17(23)15(10-14)21(24,25)26/h4-6,8-11H,1,7,12H2,2-3H3,(H,28,30)/b27-11-. The summed E-state index contributed by atoms with van der Waals surface area (Å²) in [5.41, 5.74) is 1.02. The highest BCUT2D eigenvalue weighted by Gasteiger charge is 2.34. The number of rotatable bonds is 10. The summed E-state index contributed by atoms with van der Waals surface area (Å²) in [5.74, 6) is -0.0915. The molecule has 0 radical (unpaired) electrons. The molecule has 0 saturated carbocycles. The van der Waals surface area contributed by atoms with E-state index in [2.05, 4.69) is 33.0 Å². The van der Waals surface area contributed by atoms with Crippen LogP contribution in [0.3, 0.4) is 0 Å². The zero-order valence-corrected chi connectivity index (χ0v) is 21.6. The highest BCUT2D eigenvalue weighted by Crippen LogP contribution is 2.38. The minimum atomic E-state index is -4.82. The van der Waals surface area contributed by atoms with E-state index in [1.54, 1.807) is 18.2 Å². The fraction of sp³-hybridized carbons (Fsp3) is 0.238. The van der Waals surface area contributed by atoms with Crippen LogP contribution in [0.1, 0.15) is 11.1 Å². The van der Waals surface area contributed by atoms with Crippen LogP contribution in [0.2, 0.25) is 5.02 Å². The highest BCUT2D eigenvalue weighted by molar-refractivity contribution is 9.10. The highest BCUT2D eigenvalue weighted by atomic mass is 79.9. The molecule has 190 valence electrons. The number of anilines is 1. The van der Waals surface area contributed by atoms with Crippen LogP contribution in [0.4, 0.5) is 18.9 Å². The number of carbonyl (C=O) groups is 1. The number of hydrogen-bond acceptors (Lipinski definition) is 6. The summed E-state index contributed by atoms with van der Waals surface area (Å²) in [5, 5.41) is 3.16. The predicted molar refractivity (Wildman–Crippen MR) is 131 cm³/mol. The average molecular weight is 599 g/mol. The minimum absolute atomic E-state index is 0.243. The zero-order chi connectivity index (χ0) is 26.4. The van der Waals surface area contributed by atoms with Gasteiger partial charge in [0, 0.05) is 0 Å². The summed E-state index contributed by atoms with van der Waals surface area (Å²) in [4.78, 5) is 12.3. The number of halogens is 5. The lowest BCUT2D eigenvalue weighted by atomic mass is 10.2. The van der Waals surface area contributed by atoms with Crippen molar-refractivity contribution in [1.82, 2.24) is 5.43 Å². The largest absolute Gasteiger partial charge is 0.493 e. The van der Waals surface area contributed by atoms with E-state index in [-0.39, 0.29) is 12.3 Å². The molecule has 0 heterocycles. The van der Waals surface area contributed by atoms with Crippen molar-refractivity contribution in [3.05, 3.63) is 63.6 Å². The van der Waals surface area contributed by atoms with Gasteiger partial charge in [-0.1, -0.05) is 24.3 Å². The fourth-order valence-corrected chi connectivity index (χ4v) is 4.37. The Morgan fingerprint density at radius 2 is 2.00 bits per heavy atom. The number of benzene rings is 2. The lowest BCUT2D eigenvalue weighted by Gasteiger charge is -2.22. The molecular weight excluding hydrogens is 579 g/mol. The second-order valence-corrected chi connectivity index (χ2v) is 10.0. The van der Waals surface area contributed by atoms with E-state index in [1.165, 1.54) is 13.3 Å². The smallest absolute Gasteiger partial charge is 0.417 e. The molecule has 0 fully saturated rings. The fourth-order valence-electron chi connectivity index (χ4n) is 2.73. The molecule has 0 aromatic heterocycles. The van der Waals surface area contributed by atoms with E-state index >= 15 is 0 Å². The van der Waals surface area contributed by atoms with Gasteiger partial charge in [0.15, 0.2) is 11.5 Å². The van der Waals surface area contributed by atoms with Gasteiger partial charge in [-0.3, -0.25) is 9.10 Å². The van der Waals surface area contributed by atoms with Crippen molar-refractivity contribution in [1.29, 1.82) is 0 Å². The Balaban J connectivity index is 2.21. The predicted octanol–water partition coefficient (Wildman–Crippen LogP) is 4.61. The van der Waals surface area contributed by atoms with Crippen molar-refractivity contribution in [3.8, 4) is 11.5 Å². The maximum atomic E-state index is 13.2. The van der Waals surface area contributed by atoms with Crippen LogP contribution in [-0.4, -0.2) is 47.1 Å². The van der Waals surface area contributed by atoms with Crippen molar-refractivity contribution in [2.75, 3.05) is 30.8 Å². The molecule has 0 atom stereocenters. The number of carbonyl (C=O) groups excluding carboxylic acids is 1. The molecule has 0 aliphatic heterocycles. The van der Waals surface area contributed by atoms with Gasteiger partial charge in [-0.25, -0.2) is 13.8 Å². The summed E-state index contributed by atoms with van der Waals surface area (Å²) >= 11 is 8.93. The second-order valence-electron chi connectivity index (χ2n) is 6.86. The molecular formula is C21H20BrClF3N3O5S. The van der Waals surface area contributed by atoms with Crippen LogP contribution in [0.15, 0.2) is 52.6 Å². The van der Waals surface area contributed by atoms with E-state index in [1.807, 2.05) is 0 Å². The molecule has 0 unspecified atom stereocenters. The van der Waals surface area contributed by atoms with Crippen LogP contribution >= 0.6 is 27.5 Å². The van der Waals surface area contributed by atoms with Crippen LogP contribution in [0, 0.1) is 0 Å². The summed E-state index contributed by atoms with van der Waals surface area (Å²) in [6.07, 6.45) is -1.24. The van der Waals surface area contributed by atoms with E-state index in [0.29, 0.717) is 31.9 Å². The molecule has 0 bridgehead atoms. The molecule has 0 spiro atoms. The topological polar surface area (TPSA) is 97.3 Å². The molecule has 0 saturated heterocycles. The lowest BCUT2D eigenvalue weighted by Crippen LogP contribution is -2.39. The van der Waals surface area contributed by atoms with Crippen molar-refractivity contribution < 1.29 is 35.9 Å². The van der Waals surface area contributed by atoms with E-state index in [0.717, 1.165) is 18.4 Å². The van der Waals surface area contributed by atoms with Crippen molar-refractivity contribution >= 4 is 55.4 Å². The van der Waals surface area contributed by atoms with Gasteiger partial charge < -0.3 is 9.47 Å². The SMILES string of the molecule is C=CCOc1c(Br)cc(/C=N\NC(=O)CN(c2ccc(Cl)c(C(F)(F)F)c2)S(C)(=O)=O)cc1OC. The summed E-state index contributed by atoms with van der Waals surface area (Å²) < 4.78 is 75.7. The van der Waals surface area contributed by atoms with E-state index in [9.17, 15) is 26.4 Å². The van der Waals surface area contributed by atoms with Gasteiger partial charge in [-0.2, -0.15) is 18.3 Å². The van der Waals surface area contributed by atoms with Gasteiger partial charge in [0.05, 0.1) is 40.3 Å². The number of sulfonamides is 1. The summed E-state index contributed by atoms with van der Waals surface area (Å²) in [6.45, 7) is 2.99. The van der Waals surface area contributed by atoms with Gasteiger partial charge in [-0.15, -0.1) is 0 Å². The monoisotopic (exact) mass is 597 g/mol. The number of amides is 1. The zero-order valence-electron chi connectivity index (χ0n) is 18.4. The number of hydrogen-bond donors (Lipinski definition) is 1. The molecule has 14 heteroatoms. The Bertz CT molecular complexity index is 1240. The first-order valence-electron chi connectivity index (χ1n) is 9.55. The van der Waals surface area contributed by atoms with Gasteiger partial charge in [-0.05, 0) is 51.8 Å². The lowest BCUT2D eigenvalue weighted by molar-refractivity contribution is -0.137. The molecule has 0 aliphatic carbocycles. The molecule has 8 nitrogen and oxygen atoms in total. The maximum absolute atomic E-state index is 13.2. The Morgan fingerprint density at radius 1 is 1.31 bits per heavy atom. The van der Waals surface area contributed by atoms with Crippen molar-refractivity contribution in [2.45, 2.75) is 6.18 Å². The van der Waals surface area contributed by atoms with Gasteiger partial charge in [0.2, 0.25) is 10.0 Å². The number of nitrogens with one attached hydrogen (secondary N) is 1. The number of alkyl halides is 3. The quantitative estimate of drug-likeness (QED) is 0.245. The Morgan fingerprint density at radius 3 is 2.57 bits per heavy atom. The third-order valence-corrected chi connectivity index (χ3v) is 6.29. The average Bonchev–Trinajstić information content (AvgIpc) is 2.75. The van der Waals surface area contributed by atoms with Crippen LogP contribution < -0.4 is 19.2 Å². The first-order chi connectivity index (χ1) is 16.3. The Kier molecular flexibility index (Phi) is 9.58. The van der Waals surface area contributed by atoms with E-state index < -0.39 is 39.2 Å². The maximum Gasteiger partial charge on any atom is 0.417 e. The number of nitrogens with zero attached hydrogens (tertiary/aromatic N) is 2. The van der Waals surface area contributed by atoms with Crippen molar-refractivity contribution in [2.24, 2.45) is 5.10 Å². The van der Waals surface area contributed by atoms with Crippen LogP contribution in [-0.2, 0) is 21.0 Å². The number of methoxy groups -OCH3 is 1. The second kappa shape index (κ2) is 11.8. The molecule has 2 aromatic carbocycles. The molecule has 1 amide bonds. The van der Waals surface area contributed by atoms with Crippen LogP contribution in [0.5, 0.6) is 11.5 Å². The van der Waals surface area contributed by atoms with Gasteiger partial charge in [0.1, 0.15) is 13.2 Å². The number of ether oxygens (including phenoxy) is 2. The molecule has 0 aliphatic rings. The van der Waals surface area contributed by atoms with Crippen LogP contribution in [0.25, 0.3) is 0 Å². The molecule has 2 rings (SSSR count). The molecule has 1 N–H and O–H groups in total. The van der Waals surface area contributed by atoms with Gasteiger partial charge >= 0.3 is 6.18 Å². The third-order valence-electron chi connectivity index (χ3n) is 4.23. The Hall–Kier alpha value is -2.77. The first kappa shape index (κ1) is 28.5. The summed E-state index contributed by atoms with van der Waals surface area (Å²) in [6, 6.07) is 5.73. The normalized spacial score (nSPS) is 11.9. The summed E-state index contributed by atoms with van der Waals surface area (Å²) in [7, 11) is -2.69. The molecule has 35 heavy (non-hydrogen) atoms. The first-order valence-corrected chi connectivity index (χ1v) is 12.6.